The molecule has 1 N–H and O–H groups in total. The molecule has 2 saturated heterocycles. The van der Waals surface area contributed by atoms with Gasteiger partial charge in [-0.15, -0.1) is 0 Å². The Labute approximate surface area is 311 Å². The maximum absolute atomic E-state index is 11.3. The second kappa shape index (κ2) is 29.9. The molecule has 51 heavy (non-hydrogen) atoms. The van der Waals surface area contributed by atoms with E-state index < -0.39 is 61.4 Å². The number of unbranched alkanes of at least 4 members (excludes halogenated alkanes) is 7. The van der Waals surface area contributed by atoms with Gasteiger partial charge < -0.3 is 52.5 Å². The normalized spacial score (nSPS) is 29.9. The molecule has 0 bridgehead atoms. The molecule has 0 aromatic heterocycles. The fourth-order valence-corrected chi connectivity index (χ4v) is 6.12. The molecule has 5 unspecified atom stereocenters. The van der Waals surface area contributed by atoms with Crippen LogP contribution in [0.5, 0.6) is 0 Å². The highest BCUT2D eigenvalue weighted by molar-refractivity contribution is 4.97. The molecule has 0 amide bonds. The average molecular weight is 735 g/mol. The summed E-state index contributed by atoms with van der Waals surface area (Å²) in [4.78, 5) is 0. The van der Waals surface area contributed by atoms with Crippen molar-refractivity contribution in [2.45, 2.75) is 200 Å². The third-order valence-corrected chi connectivity index (χ3v) is 9.38. The van der Waals surface area contributed by atoms with E-state index in [0.29, 0.717) is 52.9 Å². The number of rotatable bonds is 32. The molecular formula is C40H78O11. The van der Waals surface area contributed by atoms with Crippen molar-refractivity contribution >= 4 is 0 Å². The van der Waals surface area contributed by atoms with Crippen molar-refractivity contribution in [3.05, 3.63) is 0 Å². The highest BCUT2D eigenvalue weighted by Crippen LogP contribution is 2.35. The third-order valence-electron chi connectivity index (χ3n) is 9.38. The van der Waals surface area contributed by atoms with E-state index in [2.05, 4.69) is 48.5 Å². The predicted octanol–water partition coefficient (Wildman–Crippen LogP) is 7.37. The smallest absolute Gasteiger partial charge is 0.187 e. The van der Waals surface area contributed by atoms with E-state index in [1.807, 2.05) is 0 Å². The summed E-state index contributed by atoms with van der Waals surface area (Å²) in [5.74, 6) is 0. The standard InChI is InChI=1S/C40H78O11/c1-8-15-22-42-29-31-33(44-24-17-10-3)35(45-25-18-11-4)38(48-28-21-14-7)40(50-31)51-34-32(30-43-23-16-9-2)49-39(41)37(47-27-20-13-6)36(34)46-26-19-12-5/h31-41H,8-30H2,1-7H3/t31?,32?,33-,34-,35+,36?,37?,38?,39+,40-/m1/s1. The second-order valence-electron chi connectivity index (χ2n) is 14.0. The van der Waals surface area contributed by atoms with Crippen molar-refractivity contribution in [3.8, 4) is 0 Å². The fraction of sp³-hybridized carbons (Fsp3) is 1.00. The first kappa shape index (κ1) is 46.7. The zero-order valence-corrected chi connectivity index (χ0v) is 33.6. The molecular weight excluding hydrogens is 656 g/mol. The lowest BCUT2D eigenvalue weighted by Gasteiger charge is -2.49. The summed E-state index contributed by atoms with van der Waals surface area (Å²) in [5, 5.41) is 11.3. The maximum atomic E-state index is 11.3. The monoisotopic (exact) mass is 735 g/mol. The van der Waals surface area contributed by atoms with Gasteiger partial charge in [0.05, 0.1) is 13.2 Å². The largest absolute Gasteiger partial charge is 0.379 e. The first-order valence-electron chi connectivity index (χ1n) is 20.9. The van der Waals surface area contributed by atoms with Crippen LogP contribution in [-0.2, 0) is 47.4 Å². The fourth-order valence-electron chi connectivity index (χ4n) is 6.12. The van der Waals surface area contributed by atoms with Crippen LogP contribution in [-0.4, -0.2) is 126 Å². The lowest BCUT2D eigenvalue weighted by molar-refractivity contribution is -0.371. The zero-order valence-electron chi connectivity index (χ0n) is 33.6. The van der Waals surface area contributed by atoms with Crippen molar-refractivity contribution in [1.29, 1.82) is 0 Å². The lowest BCUT2D eigenvalue weighted by atomic mass is 9.96. The molecule has 304 valence electrons. The van der Waals surface area contributed by atoms with E-state index in [9.17, 15) is 5.11 Å². The summed E-state index contributed by atoms with van der Waals surface area (Å²) in [5.41, 5.74) is 0. The first-order valence-corrected chi connectivity index (χ1v) is 20.9. The van der Waals surface area contributed by atoms with E-state index in [-0.39, 0.29) is 6.61 Å². The Hall–Kier alpha value is -0.440. The molecule has 2 fully saturated rings. The highest BCUT2D eigenvalue weighted by atomic mass is 16.7. The van der Waals surface area contributed by atoms with Gasteiger partial charge in [0, 0.05) is 46.2 Å². The van der Waals surface area contributed by atoms with E-state index >= 15 is 0 Å². The van der Waals surface area contributed by atoms with Gasteiger partial charge in [0.25, 0.3) is 0 Å². The van der Waals surface area contributed by atoms with Gasteiger partial charge in [-0.2, -0.15) is 0 Å². The molecule has 0 saturated carbocycles. The molecule has 2 aliphatic rings. The molecule has 0 aliphatic carbocycles. The first-order chi connectivity index (χ1) is 25.0. The molecule has 0 spiro atoms. The zero-order chi connectivity index (χ0) is 37.1. The molecule has 0 radical (unpaired) electrons. The number of hydrogen-bond acceptors (Lipinski definition) is 11. The number of aliphatic hydroxyl groups excluding tert-OH is 1. The summed E-state index contributed by atoms with van der Waals surface area (Å²) in [7, 11) is 0. The highest BCUT2D eigenvalue weighted by Gasteiger charge is 2.54. The van der Waals surface area contributed by atoms with Crippen LogP contribution < -0.4 is 0 Å². The van der Waals surface area contributed by atoms with Gasteiger partial charge in [0.2, 0.25) is 0 Å². The molecule has 11 heteroatoms. The van der Waals surface area contributed by atoms with Gasteiger partial charge in [-0.3, -0.25) is 0 Å². The Morgan fingerprint density at radius 3 is 1.20 bits per heavy atom. The maximum Gasteiger partial charge on any atom is 0.187 e. The van der Waals surface area contributed by atoms with Crippen LogP contribution in [0.25, 0.3) is 0 Å². The minimum Gasteiger partial charge on any atom is -0.379 e. The Bertz CT molecular complexity index is 792. The number of hydrogen-bond donors (Lipinski definition) is 1. The summed E-state index contributed by atoms with van der Waals surface area (Å²) in [6.45, 7) is 19.4. The quantitative estimate of drug-likeness (QED) is 0.0700. The van der Waals surface area contributed by atoms with Crippen LogP contribution >= 0.6 is 0 Å². The summed E-state index contributed by atoms with van der Waals surface area (Å²) >= 11 is 0. The van der Waals surface area contributed by atoms with E-state index in [4.69, 9.17) is 47.4 Å². The summed E-state index contributed by atoms with van der Waals surface area (Å²) in [6, 6.07) is 0. The van der Waals surface area contributed by atoms with Gasteiger partial charge in [-0.05, 0) is 44.9 Å². The van der Waals surface area contributed by atoms with Crippen molar-refractivity contribution < 1.29 is 52.5 Å². The van der Waals surface area contributed by atoms with Crippen molar-refractivity contribution in [3.63, 3.8) is 0 Å². The summed E-state index contributed by atoms with van der Waals surface area (Å²) in [6.07, 6.45) is 6.71. The Balaban J connectivity index is 2.57. The van der Waals surface area contributed by atoms with Crippen LogP contribution in [0.3, 0.4) is 0 Å². The van der Waals surface area contributed by atoms with Gasteiger partial charge in [0.1, 0.15) is 48.8 Å². The van der Waals surface area contributed by atoms with Crippen LogP contribution in [0.2, 0.25) is 0 Å². The van der Waals surface area contributed by atoms with E-state index in [1.54, 1.807) is 0 Å². The lowest BCUT2D eigenvalue weighted by Crippen LogP contribution is -2.66. The minimum atomic E-state index is -1.20. The molecule has 2 aliphatic heterocycles. The van der Waals surface area contributed by atoms with Crippen LogP contribution in [0, 0.1) is 0 Å². The van der Waals surface area contributed by atoms with Gasteiger partial charge in [0.15, 0.2) is 12.6 Å². The second-order valence-corrected chi connectivity index (χ2v) is 14.0. The molecule has 11 nitrogen and oxygen atoms in total. The van der Waals surface area contributed by atoms with E-state index in [0.717, 1.165) is 89.9 Å². The number of aliphatic hydroxyl groups is 1. The minimum absolute atomic E-state index is 0.230. The topological polar surface area (TPSA) is 113 Å². The van der Waals surface area contributed by atoms with Crippen LogP contribution in [0.4, 0.5) is 0 Å². The predicted molar refractivity (Wildman–Crippen MR) is 199 cm³/mol. The molecule has 2 rings (SSSR count). The van der Waals surface area contributed by atoms with Crippen molar-refractivity contribution in [2.24, 2.45) is 0 Å². The molecule has 10 atom stereocenters. The van der Waals surface area contributed by atoms with Crippen molar-refractivity contribution in [2.75, 3.05) is 59.5 Å². The van der Waals surface area contributed by atoms with Crippen LogP contribution in [0.15, 0.2) is 0 Å². The third kappa shape index (κ3) is 17.3. The van der Waals surface area contributed by atoms with Crippen molar-refractivity contribution in [1.82, 2.24) is 0 Å². The Morgan fingerprint density at radius 2 is 0.745 bits per heavy atom. The summed E-state index contributed by atoms with van der Waals surface area (Å²) < 4.78 is 65.4. The average Bonchev–Trinajstić information content (AvgIpc) is 3.13. The van der Waals surface area contributed by atoms with Gasteiger partial charge in [-0.25, -0.2) is 0 Å². The molecule has 2 heterocycles. The molecule has 0 aromatic rings. The van der Waals surface area contributed by atoms with Crippen LogP contribution in [0.1, 0.15) is 138 Å². The van der Waals surface area contributed by atoms with Gasteiger partial charge in [-0.1, -0.05) is 93.4 Å². The number of ether oxygens (including phenoxy) is 10. The van der Waals surface area contributed by atoms with Gasteiger partial charge >= 0.3 is 0 Å². The Kier molecular flexibility index (Phi) is 27.4. The Morgan fingerprint density at radius 1 is 0.392 bits per heavy atom. The molecule has 0 aromatic carbocycles. The SMILES string of the molecule is CCCCOCC1O[C@H](O)C(OCCCC)C(OCCCC)[C@@H]1O[C@H]1OC(COCCCC)[C@@H](OCCCC)[C@H](OCCCC)C1OCCCC. The van der Waals surface area contributed by atoms with E-state index in [1.165, 1.54) is 0 Å².